The number of Topliss-reactive ketones (excluding diaryl/α,β-unsaturated/α-hetero) is 1. The second kappa shape index (κ2) is 6.61. The molecule has 2 aliphatic rings. The number of carbonyl (C=O) groups excluding carboxylic acids is 1. The highest BCUT2D eigenvalue weighted by molar-refractivity contribution is 6.74. The predicted molar refractivity (Wildman–Crippen MR) is 106 cm³/mol. The molecule has 0 radical (unpaired) electrons. The van der Waals surface area contributed by atoms with Crippen LogP contribution in [0.5, 0.6) is 0 Å². The SMILES string of the molecule is C=C(CO[Si](C)(C)C(C)(C)C)C1CCC2(C)CCC(=O)C(C)C2(O)C1. The van der Waals surface area contributed by atoms with Crippen LogP contribution in [0.15, 0.2) is 12.2 Å². The van der Waals surface area contributed by atoms with Crippen molar-refractivity contribution in [3.63, 3.8) is 0 Å². The first-order chi connectivity index (χ1) is 11.2. The highest BCUT2D eigenvalue weighted by Crippen LogP contribution is 2.56. The largest absolute Gasteiger partial charge is 0.413 e. The van der Waals surface area contributed by atoms with Crippen LogP contribution in [0.2, 0.25) is 18.1 Å². The molecular formula is C21H38O3Si. The molecule has 0 aromatic carbocycles. The highest BCUT2D eigenvalue weighted by Gasteiger charge is 2.58. The third-order valence-electron chi connectivity index (χ3n) is 7.77. The molecule has 144 valence electrons. The minimum Gasteiger partial charge on any atom is -0.413 e. The van der Waals surface area contributed by atoms with Gasteiger partial charge in [0.05, 0.1) is 12.2 Å². The van der Waals surface area contributed by atoms with Crippen LogP contribution in [-0.4, -0.2) is 31.4 Å². The Hall–Kier alpha value is -0.453. The fraction of sp³-hybridized carbons (Fsp3) is 0.857. The zero-order valence-corrected chi connectivity index (χ0v) is 18.4. The smallest absolute Gasteiger partial charge is 0.192 e. The highest BCUT2D eigenvalue weighted by atomic mass is 28.4. The Morgan fingerprint density at radius 2 is 1.96 bits per heavy atom. The summed E-state index contributed by atoms with van der Waals surface area (Å²) in [6.45, 7) is 20.2. The maximum absolute atomic E-state index is 12.2. The molecule has 0 aliphatic heterocycles. The Bertz CT molecular complexity index is 548. The fourth-order valence-electron chi connectivity index (χ4n) is 4.31. The first-order valence-electron chi connectivity index (χ1n) is 9.80. The van der Waals surface area contributed by atoms with Crippen LogP contribution in [-0.2, 0) is 9.22 Å². The van der Waals surface area contributed by atoms with E-state index in [1.807, 2.05) is 6.92 Å². The van der Waals surface area contributed by atoms with E-state index in [4.69, 9.17) is 4.43 Å². The summed E-state index contributed by atoms with van der Waals surface area (Å²) in [5.41, 5.74) is 0.0493. The van der Waals surface area contributed by atoms with E-state index in [1.165, 1.54) is 0 Å². The van der Waals surface area contributed by atoms with Crippen LogP contribution in [0.25, 0.3) is 0 Å². The van der Waals surface area contributed by atoms with Gasteiger partial charge >= 0.3 is 0 Å². The van der Waals surface area contributed by atoms with Crippen LogP contribution in [0.3, 0.4) is 0 Å². The van der Waals surface area contributed by atoms with Crippen molar-refractivity contribution in [2.45, 2.75) is 90.5 Å². The van der Waals surface area contributed by atoms with Gasteiger partial charge in [-0.15, -0.1) is 0 Å². The molecular weight excluding hydrogens is 328 g/mol. The average Bonchev–Trinajstić information content (AvgIpc) is 2.50. The summed E-state index contributed by atoms with van der Waals surface area (Å²) in [7, 11) is -1.80. The second-order valence-electron chi connectivity index (χ2n) is 10.3. The van der Waals surface area contributed by atoms with Crippen molar-refractivity contribution in [2.75, 3.05) is 6.61 Å². The van der Waals surface area contributed by atoms with E-state index in [0.717, 1.165) is 24.8 Å². The van der Waals surface area contributed by atoms with Gasteiger partial charge in [0, 0.05) is 12.3 Å². The van der Waals surface area contributed by atoms with Crippen molar-refractivity contribution >= 4 is 14.1 Å². The topological polar surface area (TPSA) is 46.5 Å². The molecule has 0 spiro atoms. The molecule has 4 unspecified atom stereocenters. The molecule has 2 saturated carbocycles. The number of ketones is 1. The van der Waals surface area contributed by atoms with Gasteiger partial charge in [-0.3, -0.25) is 4.79 Å². The van der Waals surface area contributed by atoms with Crippen molar-refractivity contribution in [3.05, 3.63) is 12.2 Å². The standard InChI is InChI=1S/C21H38O3Si/c1-15(14-24-25(7,8)19(3,4)5)17-9-11-20(6)12-10-18(22)16(2)21(20,23)13-17/h16-17,23H,1,9-14H2,2-8H3. The van der Waals surface area contributed by atoms with E-state index in [1.54, 1.807) is 0 Å². The monoisotopic (exact) mass is 366 g/mol. The molecule has 4 atom stereocenters. The van der Waals surface area contributed by atoms with Crippen LogP contribution in [0.4, 0.5) is 0 Å². The average molecular weight is 367 g/mol. The van der Waals surface area contributed by atoms with Crippen LogP contribution in [0.1, 0.15) is 66.7 Å². The maximum atomic E-state index is 12.2. The lowest BCUT2D eigenvalue weighted by molar-refractivity contribution is -0.180. The van der Waals surface area contributed by atoms with Gasteiger partial charge in [0.15, 0.2) is 8.32 Å². The van der Waals surface area contributed by atoms with Crippen molar-refractivity contribution in [2.24, 2.45) is 17.3 Å². The molecule has 3 nitrogen and oxygen atoms in total. The summed E-state index contributed by atoms with van der Waals surface area (Å²) >= 11 is 0. The first kappa shape index (κ1) is 20.9. The Morgan fingerprint density at radius 3 is 2.52 bits per heavy atom. The predicted octanol–water partition coefficient (Wildman–Crippen LogP) is 5.10. The molecule has 2 aliphatic carbocycles. The lowest BCUT2D eigenvalue weighted by Gasteiger charge is -2.56. The Labute approximate surface area is 155 Å². The van der Waals surface area contributed by atoms with Gasteiger partial charge in [0.25, 0.3) is 0 Å². The Morgan fingerprint density at radius 1 is 1.36 bits per heavy atom. The van der Waals surface area contributed by atoms with E-state index < -0.39 is 13.9 Å². The first-order valence-corrected chi connectivity index (χ1v) is 12.7. The molecule has 2 rings (SSSR count). The summed E-state index contributed by atoms with van der Waals surface area (Å²) in [5.74, 6) is 0.183. The van der Waals surface area contributed by atoms with E-state index in [-0.39, 0.29) is 28.1 Å². The van der Waals surface area contributed by atoms with Gasteiger partial charge in [-0.2, -0.15) is 0 Å². The summed E-state index contributed by atoms with van der Waals surface area (Å²) in [5, 5.41) is 11.7. The second-order valence-corrected chi connectivity index (χ2v) is 15.1. The molecule has 0 aromatic heterocycles. The van der Waals surface area contributed by atoms with Crippen LogP contribution < -0.4 is 0 Å². The van der Waals surface area contributed by atoms with Gasteiger partial charge in [0.1, 0.15) is 5.78 Å². The Balaban J connectivity index is 2.07. The van der Waals surface area contributed by atoms with Crippen LogP contribution >= 0.6 is 0 Å². The maximum Gasteiger partial charge on any atom is 0.192 e. The van der Waals surface area contributed by atoms with Gasteiger partial charge in [-0.25, -0.2) is 0 Å². The molecule has 0 amide bonds. The fourth-order valence-corrected chi connectivity index (χ4v) is 5.29. The number of fused-ring (bicyclic) bond motifs is 1. The molecule has 0 bridgehead atoms. The summed E-state index contributed by atoms with van der Waals surface area (Å²) in [4.78, 5) is 12.2. The Kier molecular flexibility index (Phi) is 5.52. The number of carbonyl (C=O) groups is 1. The van der Waals surface area contributed by atoms with E-state index in [9.17, 15) is 9.90 Å². The van der Waals surface area contributed by atoms with E-state index in [0.29, 0.717) is 19.4 Å². The number of hydrogen-bond acceptors (Lipinski definition) is 3. The van der Waals surface area contributed by atoms with Gasteiger partial charge in [-0.05, 0) is 60.7 Å². The number of rotatable bonds is 4. The van der Waals surface area contributed by atoms with E-state index in [2.05, 4.69) is 47.4 Å². The van der Waals surface area contributed by atoms with Crippen LogP contribution in [0, 0.1) is 17.3 Å². The third-order valence-corrected chi connectivity index (χ3v) is 12.3. The minimum absolute atomic E-state index is 0.141. The molecule has 0 saturated heterocycles. The van der Waals surface area contributed by atoms with Gasteiger partial charge in [-0.1, -0.05) is 41.2 Å². The molecule has 0 heterocycles. The number of hydrogen-bond donors (Lipinski definition) is 1. The lowest BCUT2D eigenvalue weighted by Crippen LogP contribution is -2.60. The lowest BCUT2D eigenvalue weighted by atomic mass is 9.51. The normalized spacial score (nSPS) is 36.9. The minimum atomic E-state index is -1.80. The molecule has 2 fully saturated rings. The number of aliphatic hydroxyl groups is 1. The molecule has 0 aromatic rings. The van der Waals surface area contributed by atoms with Gasteiger partial charge < -0.3 is 9.53 Å². The van der Waals surface area contributed by atoms with Gasteiger partial charge in [0.2, 0.25) is 0 Å². The quantitative estimate of drug-likeness (QED) is 0.556. The zero-order chi connectivity index (χ0) is 19.3. The summed E-state index contributed by atoms with van der Waals surface area (Å²) in [6.07, 6.45) is 4.08. The molecule has 25 heavy (non-hydrogen) atoms. The summed E-state index contributed by atoms with van der Waals surface area (Å²) in [6, 6.07) is 0. The zero-order valence-electron chi connectivity index (χ0n) is 17.4. The van der Waals surface area contributed by atoms with E-state index >= 15 is 0 Å². The van der Waals surface area contributed by atoms with Crippen molar-refractivity contribution in [3.8, 4) is 0 Å². The molecule has 4 heteroatoms. The van der Waals surface area contributed by atoms with Crippen molar-refractivity contribution < 1.29 is 14.3 Å². The molecule has 1 N–H and O–H groups in total. The summed E-state index contributed by atoms with van der Waals surface area (Å²) < 4.78 is 6.34. The third kappa shape index (κ3) is 3.67. The van der Waals surface area contributed by atoms with Crippen molar-refractivity contribution in [1.29, 1.82) is 0 Å². The van der Waals surface area contributed by atoms with Crippen molar-refractivity contribution in [1.82, 2.24) is 0 Å².